The average Bonchev–Trinajstić information content (AvgIpc) is 3.10. The van der Waals surface area contributed by atoms with Gasteiger partial charge in [-0.1, -0.05) is 31.0 Å². The number of nitrogens with zero attached hydrogens (tertiary/aromatic N) is 1. The van der Waals surface area contributed by atoms with Crippen molar-refractivity contribution < 1.29 is 0 Å². The molecule has 2 fully saturated rings. The average molecular weight is 287 g/mol. The van der Waals surface area contributed by atoms with Crippen molar-refractivity contribution in [2.45, 2.75) is 49.3 Å². The van der Waals surface area contributed by atoms with Crippen molar-refractivity contribution in [2.24, 2.45) is 5.41 Å². The number of piperidine rings is 1. The van der Waals surface area contributed by atoms with Crippen LogP contribution >= 0.6 is 11.8 Å². The molecule has 1 atom stereocenters. The molecule has 0 amide bonds. The molecule has 1 aromatic rings. The molecule has 0 aromatic heterocycles. The Hall–Kier alpha value is -0.470. The molecule has 1 saturated carbocycles. The Morgan fingerprint density at radius 2 is 1.80 bits per heavy atom. The Balaban J connectivity index is 1.37. The predicted molar refractivity (Wildman–Crippen MR) is 86.5 cm³/mol. The van der Waals surface area contributed by atoms with Crippen LogP contribution in [0.25, 0.3) is 0 Å². The van der Waals surface area contributed by atoms with Gasteiger partial charge >= 0.3 is 0 Å². The van der Waals surface area contributed by atoms with Gasteiger partial charge in [0.1, 0.15) is 0 Å². The fraction of sp³-hybridized carbons (Fsp3) is 0.667. The van der Waals surface area contributed by atoms with E-state index in [1.165, 1.54) is 68.8 Å². The highest BCUT2D eigenvalue weighted by Crippen LogP contribution is 2.47. The second kappa shape index (κ2) is 5.38. The summed E-state index contributed by atoms with van der Waals surface area (Å²) in [5.74, 6) is 2.06. The Labute approximate surface area is 127 Å². The summed E-state index contributed by atoms with van der Waals surface area (Å²) < 4.78 is 0. The van der Waals surface area contributed by atoms with Gasteiger partial charge in [0, 0.05) is 23.1 Å². The number of likely N-dealkylation sites (tertiary alicyclic amines) is 1. The zero-order valence-corrected chi connectivity index (χ0v) is 13.1. The summed E-state index contributed by atoms with van der Waals surface area (Å²) in [6.07, 6.45) is 8.95. The lowest BCUT2D eigenvalue weighted by atomic mass is 9.77. The second-order valence-corrected chi connectivity index (χ2v) is 8.12. The zero-order valence-electron chi connectivity index (χ0n) is 12.3. The smallest absolute Gasteiger partial charge is 0.0108 e. The summed E-state index contributed by atoms with van der Waals surface area (Å²) in [7, 11) is 0. The topological polar surface area (TPSA) is 3.24 Å². The third-order valence-corrected chi connectivity index (χ3v) is 7.11. The monoisotopic (exact) mass is 287 g/mol. The lowest BCUT2D eigenvalue weighted by Crippen LogP contribution is -2.40. The summed E-state index contributed by atoms with van der Waals surface area (Å²) in [5, 5.41) is 0. The van der Waals surface area contributed by atoms with E-state index in [9.17, 15) is 0 Å². The van der Waals surface area contributed by atoms with Gasteiger partial charge in [-0.15, -0.1) is 11.8 Å². The normalized spacial score (nSPS) is 28.9. The Bertz CT molecular complexity index is 468. The van der Waals surface area contributed by atoms with Gasteiger partial charge in [-0.3, -0.25) is 0 Å². The van der Waals surface area contributed by atoms with E-state index in [0.29, 0.717) is 0 Å². The van der Waals surface area contributed by atoms with E-state index in [2.05, 4.69) is 40.9 Å². The van der Waals surface area contributed by atoms with Gasteiger partial charge in [0.25, 0.3) is 0 Å². The third kappa shape index (κ3) is 2.42. The van der Waals surface area contributed by atoms with Crippen LogP contribution in [0.15, 0.2) is 29.2 Å². The van der Waals surface area contributed by atoms with Crippen molar-refractivity contribution >= 4 is 11.8 Å². The largest absolute Gasteiger partial charge is 0.303 e. The standard InChI is InChI=1S/C18H25NS/c1-2-6-17-16(5-1)15(14-20-17)13-19-11-9-18(10-12-19)7-3-4-8-18/h1-2,5-6,15H,3-4,7-14H2. The Morgan fingerprint density at radius 3 is 2.60 bits per heavy atom. The number of fused-ring (bicyclic) bond motifs is 1. The highest BCUT2D eigenvalue weighted by atomic mass is 32.2. The van der Waals surface area contributed by atoms with Crippen LogP contribution in [0.4, 0.5) is 0 Å². The minimum atomic E-state index is 0.763. The van der Waals surface area contributed by atoms with Crippen LogP contribution in [-0.4, -0.2) is 30.3 Å². The number of thioether (sulfide) groups is 1. The van der Waals surface area contributed by atoms with Gasteiger partial charge in [0.15, 0.2) is 0 Å². The quantitative estimate of drug-likeness (QED) is 0.786. The van der Waals surface area contributed by atoms with Crippen LogP contribution in [0.5, 0.6) is 0 Å². The van der Waals surface area contributed by atoms with Crippen molar-refractivity contribution in [1.29, 1.82) is 0 Å². The van der Waals surface area contributed by atoms with Crippen molar-refractivity contribution in [3.05, 3.63) is 29.8 Å². The third-order valence-electron chi connectivity index (χ3n) is 5.86. The molecule has 0 bridgehead atoms. The predicted octanol–water partition coefficient (Wildman–Crippen LogP) is 4.53. The van der Waals surface area contributed by atoms with Gasteiger partial charge in [-0.05, 0) is 55.8 Å². The summed E-state index contributed by atoms with van der Waals surface area (Å²) >= 11 is 2.06. The second-order valence-electron chi connectivity index (χ2n) is 7.05. The number of hydrogen-bond donors (Lipinski definition) is 0. The lowest BCUT2D eigenvalue weighted by Gasteiger charge is -2.40. The van der Waals surface area contributed by atoms with E-state index in [0.717, 1.165) is 11.3 Å². The maximum Gasteiger partial charge on any atom is 0.0108 e. The van der Waals surface area contributed by atoms with Crippen LogP contribution in [0, 0.1) is 5.41 Å². The molecule has 0 radical (unpaired) electrons. The highest BCUT2D eigenvalue weighted by Gasteiger charge is 2.37. The lowest BCUT2D eigenvalue weighted by molar-refractivity contribution is 0.105. The van der Waals surface area contributed by atoms with Crippen LogP contribution in [0.1, 0.15) is 50.0 Å². The molecule has 2 heteroatoms. The van der Waals surface area contributed by atoms with Crippen LogP contribution in [0.3, 0.4) is 0 Å². The van der Waals surface area contributed by atoms with Crippen LogP contribution < -0.4 is 0 Å². The first-order chi connectivity index (χ1) is 9.85. The molecule has 1 nitrogen and oxygen atoms in total. The number of hydrogen-bond acceptors (Lipinski definition) is 2. The van der Waals surface area contributed by atoms with Crippen LogP contribution in [0.2, 0.25) is 0 Å². The van der Waals surface area contributed by atoms with E-state index in [1.807, 2.05) is 0 Å². The molecule has 2 heterocycles. The maximum atomic E-state index is 2.75. The molecular formula is C18H25NS. The van der Waals surface area contributed by atoms with E-state index >= 15 is 0 Å². The first-order valence-electron chi connectivity index (χ1n) is 8.29. The summed E-state index contributed by atoms with van der Waals surface area (Å²) in [6, 6.07) is 9.03. The molecule has 108 valence electrons. The van der Waals surface area contributed by atoms with E-state index in [1.54, 1.807) is 5.56 Å². The Kier molecular flexibility index (Phi) is 3.55. The minimum absolute atomic E-state index is 0.763. The molecule has 1 saturated heterocycles. The molecule has 20 heavy (non-hydrogen) atoms. The molecule has 3 aliphatic rings. The first-order valence-corrected chi connectivity index (χ1v) is 9.27. The molecule has 0 N–H and O–H groups in total. The molecular weight excluding hydrogens is 262 g/mol. The number of rotatable bonds is 2. The molecule has 2 aliphatic heterocycles. The fourth-order valence-electron chi connectivity index (χ4n) is 4.53. The van der Waals surface area contributed by atoms with Crippen molar-refractivity contribution in [2.75, 3.05) is 25.4 Å². The highest BCUT2D eigenvalue weighted by molar-refractivity contribution is 7.99. The number of benzene rings is 1. The van der Waals surface area contributed by atoms with Gasteiger partial charge in [-0.2, -0.15) is 0 Å². The minimum Gasteiger partial charge on any atom is -0.303 e. The fourth-order valence-corrected chi connectivity index (χ4v) is 5.77. The van der Waals surface area contributed by atoms with Crippen molar-refractivity contribution in [3.63, 3.8) is 0 Å². The van der Waals surface area contributed by atoms with E-state index in [-0.39, 0.29) is 0 Å². The molecule has 4 rings (SSSR count). The Morgan fingerprint density at radius 1 is 1.05 bits per heavy atom. The molecule has 1 spiro atoms. The molecule has 1 aromatic carbocycles. The van der Waals surface area contributed by atoms with Crippen molar-refractivity contribution in [1.82, 2.24) is 4.90 Å². The van der Waals surface area contributed by atoms with Gasteiger partial charge in [-0.25, -0.2) is 0 Å². The van der Waals surface area contributed by atoms with Gasteiger partial charge in [0.2, 0.25) is 0 Å². The SMILES string of the molecule is c1ccc2c(c1)SCC2CN1CCC2(CCCC2)CC1. The van der Waals surface area contributed by atoms with Gasteiger partial charge < -0.3 is 4.90 Å². The van der Waals surface area contributed by atoms with Crippen molar-refractivity contribution in [3.8, 4) is 0 Å². The van der Waals surface area contributed by atoms with Gasteiger partial charge in [0.05, 0.1) is 0 Å². The summed E-state index contributed by atoms with van der Waals surface area (Å²) in [6.45, 7) is 3.99. The zero-order chi connectivity index (χ0) is 13.4. The first kappa shape index (κ1) is 13.2. The summed E-state index contributed by atoms with van der Waals surface area (Å²) in [5.41, 5.74) is 2.37. The van der Waals surface area contributed by atoms with Crippen LogP contribution in [-0.2, 0) is 0 Å². The van der Waals surface area contributed by atoms with E-state index < -0.39 is 0 Å². The van der Waals surface area contributed by atoms with E-state index in [4.69, 9.17) is 0 Å². The molecule has 1 unspecified atom stereocenters. The molecule has 1 aliphatic carbocycles. The maximum absolute atomic E-state index is 2.75. The summed E-state index contributed by atoms with van der Waals surface area (Å²) in [4.78, 5) is 4.28.